The fourth-order valence-electron chi connectivity index (χ4n) is 1.13. The SMILES string of the molecule is Cn1cnc2nc(Cl)cc(Cl)c2c1=O. The van der Waals surface area contributed by atoms with Crippen molar-refractivity contribution in [3.63, 3.8) is 0 Å². The molecule has 2 aromatic rings. The number of aryl methyl sites for hydroxylation is 1. The van der Waals surface area contributed by atoms with Gasteiger partial charge in [-0.1, -0.05) is 23.2 Å². The van der Waals surface area contributed by atoms with Gasteiger partial charge in [-0.15, -0.1) is 0 Å². The van der Waals surface area contributed by atoms with Crippen molar-refractivity contribution in [2.45, 2.75) is 0 Å². The fourth-order valence-corrected chi connectivity index (χ4v) is 1.65. The van der Waals surface area contributed by atoms with E-state index in [1.54, 1.807) is 7.05 Å². The Morgan fingerprint density at radius 1 is 1.43 bits per heavy atom. The number of pyridine rings is 1. The second-order valence-electron chi connectivity index (χ2n) is 2.79. The molecule has 0 atom stereocenters. The van der Waals surface area contributed by atoms with E-state index in [0.717, 1.165) is 0 Å². The van der Waals surface area contributed by atoms with Gasteiger partial charge in [-0.2, -0.15) is 0 Å². The number of hydrogen-bond donors (Lipinski definition) is 0. The van der Waals surface area contributed by atoms with Gasteiger partial charge in [0.25, 0.3) is 5.56 Å². The Morgan fingerprint density at radius 3 is 2.86 bits per heavy atom. The van der Waals surface area contributed by atoms with Gasteiger partial charge >= 0.3 is 0 Å². The largest absolute Gasteiger partial charge is 0.302 e. The summed E-state index contributed by atoms with van der Waals surface area (Å²) in [6.45, 7) is 0. The summed E-state index contributed by atoms with van der Waals surface area (Å²) in [7, 11) is 1.60. The number of hydrogen-bond acceptors (Lipinski definition) is 3. The summed E-state index contributed by atoms with van der Waals surface area (Å²) >= 11 is 11.5. The third kappa shape index (κ3) is 1.36. The number of halogens is 2. The van der Waals surface area contributed by atoms with E-state index in [1.165, 1.54) is 17.0 Å². The normalized spacial score (nSPS) is 10.8. The number of fused-ring (bicyclic) bond motifs is 1. The van der Waals surface area contributed by atoms with Crippen molar-refractivity contribution in [2.24, 2.45) is 7.05 Å². The second-order valence-corrected chi connectivity index (χ2v) is 3.58. The van der Waals surface area contributed by atoms with Crippen molar-refractivity contribution in [3.8, 4) is 0 Å². The molecule has 2 rings (SSSR count). The van der Waals surface area contributed by atoms with Crippen LogP contribution in [-0.4, -0.2) is 14.5 Å². The predicted octanol–water partition coefficient (Wildman–Crippen LogP) is 1.64. The monoisotopic (exact) mass is 229 g/mol. The molecule has 0 saturated heterocycles. The number of aromatic nitrogens is 3. The maximum absolute atomic E-state index is 11.6. The van der Waals surface area contributed by atoms with E-state index in [4.69, 9.17) is 23.2 Å². The highest BCUT2D eigenvalue weighted by atomic mass is 35.5. The molecule has 0 fully saturated rings. The summed E-state index contributed by atoms with van der Waals surface area (Å²) in [5.41, 5.74) is 0.0368. The van der Waals surface area contributed by atoms with Crippen LogP contribution in [-0.2, 0) is 7.05 Å². The van der Waals surface area contributed by atoms with Crippen LogP contribution in [0.2, 0.25) is 10.2 Å². The van der Waals surface area contributed by atoms with Crippen LogP contribution >= 0.6 is 23.2 Å². The number of rotatable bonds is 0. The van der Waals surface area contributed by atoms with Gasteiger partial charge in [-0.25, -0.2) is 9.97 Å². The Bertz CT molecular complexity index is 564. The van der Waals surface area contributed by atoms with Gasteiger partial charge in [0.2, 0.25) is 0 Å². The van der Waals surface area contributed by atoms with Gasteiger partial charge in [0.15, 0.2) is 5.65 Å². The van der Waals surface area contributed by atoms with E-state index in [9.17, 15) is 4.79 Å². The second kappa shape index (κ2) is 3.22. The fraction of sp³-hybridized carbons (Fsp3) is 0.125. The minimum absolute atomic E-state index is 0.225. The molecule has 2 heterocycles. The molecule has 6 heteroatoms. The molecule has 0 radical (unpaired) electrons. The highest BCUT2D eigenvalue weighted by Gasteiger charge is 2.08. The van der Waals surface area contributed by atoms with Crippen LogP contribution in [0.15, 0.2) is 17.2 Å². The Hall–Kier alpha value is -1.13. The van der Waals surface area contributed by atoms with E-state index in [2.05, 4.69) is 9.97 Å². The van der Waals surface area contributed by atoms with Gasteiger partial charge in [0.05, 0.1) is 11.3 Å². The summed E-state index contributed by atoms with van der Waals surface area (Å²) in [6.07, 6.45) is 1.38. The Kier molecular flexibility index (Phi) is 2.17. The van der Waals surface area contributed by atoms with Gasteiger partial charge in [-0.05, 0) is 6.07 Å². The lowest BCUT2D eigenvalue weighted by Gasteiger charge is -2.01. The van der Waals surface area contributed by atoms with Gasteiger partial charge < -0.3 is 4.57 Å². The molecule has 0 aliphatic rings. The molecule has 0 spiro atoms. The van der Waals surface area contributed by atoms with Crippen molar-refractivity contribution in [1.29, 1.82) is 0 Å². The summed E-state index contributed by atoms with van der Waals surface area (Å²) in [5.74, 6) is 0. The molecule has 0 saturated carbocycles. The Morgan fingerprint density at radius 2 is 2.14 bits per heavy atom. The standard InChI is InChI=1S/C8H5Cl2N3O/c1-13-3-11-7-6(8(13)14)4(9)2-5(10)12-7/h2-3H,1H3. The van der Waals surface area contributed by atoms with Gasteiger partial charge in [0, 0.05) is 7.05 Å². The molecule has 0 aliphatic carbocycles. The summed E-state index contributed by atoms with van der Waals surface area (Å²) in [6, 6.07) is 1.43. The molecule has 14 heavy (non-hydrogen) atoms. The topological polar surface area (TPSA) is 47.8 Å². The van der Waals surface area contributed by atoms with Gasteiger partial charge in [0.1, 0.15) is 10.5 Å². The molecule has 0 bridgehead atoms. The van der Waals surface area contributed by atoms with Crippen molar-refractivity contribution in [2.75, 3.05) is 0 Å². The minimum atomic E-state index is -0.232. The Labute approximate surface area is 89.1 Å². The summed E-state index contributed by atoms with van der Waals surface area (Å²) in [5, 5.41) is 0.790. The molecule has 4 nitrogen and oxygen atoms in total. The Balaban J connectivity index is 3.03. The molecule has 0 N–H and O–H groups in total. The third-order valence-electron chi connectivity index (χ3n) is 1.81. The molecule has 72 valence electrons. The quantitative estimate of drug-likeness (QED) is 0.646. The minimum Gasteiger partial charge on any atom is -0.302 e. The zero-order chi connectivity index (χ0) is 10.3. The summed E-state index contributed by atoms with van der Waals surface area (Å²) in [4.78, 5) is 19.5. The summed E-state index contributed by atoms with van der Waals surface area (Å²) < 4.78 is 1.34. The van der Waals surface area contributed by atoms with Crippen LogP contribution in [0.4, 0.5) is 0 Å². The number of nitrogens with zero attached hydrogens (tertiary/aromatic N) is 3. The molecular formula is C8H5Cl2N3O. The van der Waals surface area contributed by atoms with Crippen molar-refractivity contribution < 1.29 is 0 Å². The van der Waals surface area contributed by atoms with Crippen LogP contribution < -0.4 is 5.56 Å². The highest BCUT2D eigenvalue weighted by Crippen LogP contribution is 2.20. The third-order valence-corrected chi connectivity index (χ3v) is 2.30. The first-order valence-electron chi connectivity index (χ1n) is 3.77. The van der Waals surface area contributed by atoms with Crippen LogP contribution in [0, 0.1) is 0 Å². The van der Waals surface area contributed by atoms with E-state index in [0.29, 0.717) is 5.39 Å². The van der Waals surface area contributed by atoms with Crippen LogP contribution in [0.1, 0.15) is 0 Å². The lowest BCUT2D eigenvalue weighted by atomic mass is 10.3. The van der Waals surface area contributed by atoms with Crippen LogP contribution in [0.5, 0.6) is 0 Å². The molecule has 0 unspecified atom stereocenters. The van der Waals surface area contributed by atoms with Gasteiger partial charge in [-0.3, -0.25) is 4.79 Å². The first-order valence-corrected chi connectivity index (χ1v) is 4.52. The average molecular weight is 230 g/mol. The first-order chi connectivity index (χ1) is 6.59. The van der Waals surface area contributed by atoms with Crippen molar-refractivity contribution >= 4 is 34.2 Å². The zero-order valence-corrected chi connectivity index (χ0v) is 8.67. The predicted molar refractivity (Wildman–Crippen MR) is 54.8 cm³/mol. The van der Waals surface area contributed by atoms with Crippen LogP contribution in [0.25, 0.3) is 11.0 Å². The zero-order valence-electron chi connectivity index (χ0n) is 7.16. The van der Waals surface area contributed by atoms with E-state index in [1.807, 2.05) is 0 Å². The van der Waals surface area contributed by atoms with E-state index < -0.39 is 0 Å². The molecule has 0 amide bonds. The lowest BCUT2D eigenvalue weighted by molar-refractivity contribution is 0.840. The molecular weight excluding hydrogens is 225 g/mol. The average Bonchev–Trinajstić information content (AvgIpc) is 2.10. The lowest BCUT2D eigenvalue weighted by Crippen LogP contribution is -2.17. The van der Waals surface area contributed by atoms with E-state index >= 15 is 0 Å². The highest BCUT2D eigenvalue weighted by molar-refractivity contribution is 6.37. The molecule has 0 aromatic carbocycles. The molecule has 0 aliphatic heterocycles. The smallest absolute Gasteiger partial charge is 0.264 e. The maximum atomic E-state index is 11.6. The first kappa shape index (κ1) is 9.43. The van der Waals surface area contributed by atoms with Crippen molar-refractivity contribution in [3.05, 3.63) is 32.9 Å². The van der Waals surface area contributed by atoms with E-state index in [-0.39, 0.29) is 21.4 Å². The molecule has 2 aromatic heterocycles. The van der Waals surface area contributed by atoms with Crippen molar-refractivity contribution in [1.82, 2.24) is 14.5 Å². The van der Waals surface area contributed by atoms with Crippen LogP contribution in [0.3, 0.4) is 0 Å². The maximum Gasteiger partial charge on any atom is 0.264 e.